The summed E-state index contributed by atoms with van der Waals surface area (Å²) < 4.78 is 11.2. The van der Waals surface area contributed by atoms with E-state index in [1.807, 2.05) is 39.2 Å². The van der Waals surface area contributed by atoms with Crippen molar-refractivity contribution < 1.29 is 19.2 Å². The number of nitrogens with zero attached hydrogens (tertiary/aromatic N) is 1. The van der Waals surface area contributed by atoms with Crippen LogP contribution in [0.1, 0.15) is 42.7 Å². The molecule has 2 aromatic carbocycles. The van der Waals surface area contributed by atoms with Gasteiger partial charge in [0.1, 0.15) is 5.56 Å². The van der Waals surface area contributed by atoms with Crippen molar-refractivity contribution in [2.75, 3.05) is 19.5 Å². The van der Waals surface area contributed by atoms with Gasteiger partial charge in [-0.05, 0) is 56.9 Å². The Kier molecular flexibility index (Phi) is 7.69. The summed E-state index contributed by atoms with van der Waals surface area (Å²) in [5, 5.41) is 14.1. The molecule has 0 saturated carbocycles. The van der Waals surface area contributed by atoms with Gasteiger partial charge in [0.2, 0.25) is 0 Å². The van der Waals surface area contributed by atoms with Crippen LogP contribution in [0.2, 0.25) is 0 Å². The van der Waals surface area contributed by atoms with E-state index in [9.17, 15) is 14.9 Å². The van der Waals surface area contributed by atoms with Gasteiger partial charge in [0, 0.05) is 11.0 Å². The molecule has 2 aromatic rings. The van der Waals surface area contributed by atoms with Crippen molar-refractivity contribution in [1.29, 1.82) is 0 Å². The standard InChI is InChI=1S/C20H24N2O5S/c1-5-26-18-10-7-14(11-19(18)27-6-2)13(3)21-20(23)16-12-15(28-4)8-9-17(16)22(24)25/h7-13H,5-6H2,1-4H3,(H,21,23). The minimum absolute atomic E-state index is 0.0414. The monoisotopic (exact) mass is 404 g/mol. The summed E-state index contributed by atoms with van der Waals surface area (Å²) in [7, 11) is 0. The molecule has 0 bridgehead atoms. The number of thioether (sulfide) groups is 1. The number of nitro groups is 1. The van der Waals surface area contributed by atoms with E-state index in [2.05, 4.69) is 5.32 Å². The lowest BCUT2D eigenvalue weighted by Crippen LogP contribution is -2.27. The summed E-state index contributed by atoms with van der Waals surface area (Å²) in [6.07, 6.45) is 1.85. The van der Waals surface area contributed by atoms with Gasteiger partial charge in [-0.15, -0.1) is 11.8 Å². The summed E-state index contributed by atoms with van der Waals surface area (Å²) in [6.45, 7) is 6.58. The highest BCUT2D eigenvalue weighted by Gasteiger charge is 2.22. The first-order valence-corrected chi connectivity index (χ1v) is 10.2. The Balaban J connectivity index is 2.27. The Hall–Kier alpha value is -2.74. The number of nitro benzene ring substituents is 1. The number of hydrogen-bond acceptors (Lipinski definition) is 6. The van der Waals surface area contributed by atoms with Crippen molar-refractivity contribution in [3.05, 3.63) is 57.6 Å². The quantitative estimate of drug-likeness (QED) is 0.373. The average molecular weight is 404 g/mol. The molecule has 7 nitrogen and oxygen atoms in total. The van der Waals surface area contributed by atoms with Crippen LogP contribution >= 0.6 is 11.8 Å². The van der Waals surface area contributed by atoms with E-state index >= 15 is 0 Å². The molecule has 1 atom stereocenters. The number of hydrogen-bond donors (Lipinski definition) is 1. The van der Waals surface area contributed by atoms with E-state index in [4.69, 9.17) is 9.47 Å². The van der Waals surface area contributed by atoms with Crippen LogP contribution in [-0.2, 0) is 0 Å². The summed E-state index contributed by atoms with van der Waals surface area (Å²) in [5.74, 6) is 0.732. The molecular formula is C20H24N2O5S. The largest absolute Gasteiger partial charge is 0.490 e. The SMILES string of the molecule is CCOc1ccc(C(C)NC(=O)c2cc(SC)ccc2[N+](=O)[O-])cc1OCC. The van der Waals surface area contributed by atoms with Crippen LogP contribution in [0, 0.1) is 10.1 Å². The maximum absolute atomic E-state index is 12.7. The summed E-state index contributed by atoms with van der Waals surface area (Å²) in [6, 6.07) is 9.59. The molecule has 150 valence electrons. The zero-order chi connectivity index (χ0) is 20.7. The van der Waals surface area contributed by atoms with E-state index in [0.717, 1.165) is 10.5 Å². The fourth-order valence-corrected chi connectivity index (χ4v) is 3.12. The Morgan fingerprint density at radius 3 is 2.43 bits per heavy atom. The minimum Gasteiger partial charge on any atom is -0.490 e. The Morgan fingerprint density at radius 1 is 1.14 bits per heavy atom. The van der Waals surface area contributed by atoms with E-state index in [0.29, 0.717) is 24.7 Å². The molecule has 0 aromatic heterocycles. The van der Waals surface area contributed by atoms with Gasteiger partial charge in [0.05, 0.1) is 24.2 Å². The maximum Gasteiger partial charge on any atom is 0.282 e. The molecule has 0 aliphatic rings. The molecule has 2 rings (SSSR count). The first-order valence-electron chi connectivity index (χ1n) is 8.94. The molecule has 0 spiro atoms. The van der Waals surface area contributed by atoms with Crippen LogP contribution in [0.25, 0.3) is 0 Å². The average Bonchev–Trinajstić information content (AvgIpc) is 2.68. The second-order valence-corrected chi connectivity index (χ2v) is 6.79. The highest BCUT2D eigenvalue weighted by Crippen LogP contribution is 2.31. The molecule has 0 heterocycles. The van der Waals surface area contributed by atoms with Crippen LogP contribution in [0.3, 0.4) is 0 Å². The molecule has 1 N–H and O–H groups in total. The van der Waals surface area contributed by atoms with E-state index < -0.39 is 10.8 Å². The molecule has 0 fully saturated rings. The molecule has 0 saturated heterocycles. The number of rotatable bonds is 9. The fourth-order valence-electron chi connectivity index (χ4n) is 2.68. The van der Waals surface area contributed by atoms with Gasteiger partial charge in [0.15, 0.2) is 11.5 Å². The Labute approximate surface area is 168 Å². The van der Waals surface area contributed by atoms with Gasteiger partial charge in [-0.2, -0.15) is 0 Å². The second kappa shape index (κ2) is 9.98. The first kappa shape index (κ1) is 21.6. The smallest absolute Gasteiger partial charge is 0.282 e. The molecular weight excluding hydrogens is 380 g/mol. The third-order valence-corrected chi connectivity index (χ3v) is 4.79. The van der Waals surface area contributed by atoms with Crippen molar-refractivity contribution in [3.63, 3.8) is 0 Å². The highest BCUT2D eigenvalue weighted by molar-refractivity contribution is 7.98. The van der Waals surface area contributed by atoms with Crippen molar-refractivity contribution >= 4 is 23.4 Å². The van der Waals surface area contributed by atoms with Crippen molar-refractivity contribution in [2.24, 2.45) is 0 Å². The lowest BCUT2D eigenvalue weighted by molar-refractivity contribution is -0.385. The first-order chi connectivity index (χ1) is 13.4. The minimum atomic E-state index is -0.548. The van der Waals surface area contributed by atoms with Crippen LogP contribution < -0.4 is 14.8 Å². The van der Waals surface area contributed by atoms with Gasteiger partial charge in [-0.3, -0.25) is 14.9 Å². The topological polar surface area (TPSA) is 90.7 Å². The van der Waals surface area contributed by atoms with Crippen molar-refractivity contribution in [1.82, 2.24) is 5.32 Å². The van der Waals surface area contributed by atoms with Gasteiger partial charge < -0.3 is 14.8 Å². The Bertz CT molecular complexity index is 856. The van der Waals surface area contributed by atoms with Crippen molar-refractivity contribution in [3.8, 4) is 11.5 Å². The molecule has 1 amide bonds. The molecule has 8 heteroatoms. The van der Waals surface area contributed by atoms with Crippen molar-refractivity contribution in [2.45, 2.75) is 31.7 Å². The molecule has 0 radical (unpaired) electrons. The molecule has 0 aliphatic heterocycles. The van der Waals surface area contributed by atoms with Crippen LogP contribution in [0.4, 0.5) is 5.69 Å². The summed E-state index contributed by atoms with van der Waals surface area (Å²) in [4.78, 5) is 24.2. The molecule has 28 heavy (non-hydrogen) atoms. The normalized spacial score (nSPS) is 11.6. The number of benzene rings is 2. The number of amides is 1. The number of ether oxygens (including phenoxy) is 2. The third kappa shape index (κ3) is 5.16. The van der Waals surface area contributed by atoms with E-state index in [1.54, 1.807) is 12.1 Å². The van der Waals surface area contributed by atoms with Crippen LogP contribution in [0.15, 0.2) is 41.3 Å². The van der Waals surface area contributed by atoms with Gasteiger partial charge in [-0.25, -0.2) is 0 Å². The lowest BCUT2D eigenvalue weighted by Gasteiger charge is -2.18. The molecule has 0 aliphatic carbocycles. The number of carbonyl (C=O) groups excluding carboxylic acids is 1. The summed E-state index contributed by atoms with van der Waals surface area (Å²) in [5.41, 5.74) is 0.632. The van der Waals surface area contributed by atoms with Gasteiger partial charge >= 0.3 is 0 Å². The van der Waals surface area contributed by atoms with E-state index in [1.165, 1.54) is 23.9 Å². The van der Waals surface area contributed by atoms with Gasteiger partial charge in [-0.1, -0.05) is 6.07 Å². The fraction of sp³-hybridized carbons (Fsp3) is 0.350. The zero-order valence-electron chi connectivity index (χ0n) is 16.4. The second-order valence-electron chi connectivity index (χ2n) is 5.91. The third-order valence-electron chi connectivity index (χ3n) is 4.06. The van der Waals surface area contributed by atoms with Gasteiger partial charge in [0.25, 0.3) is 11.6 Å². The predicted octanol–water partition coefficient (Wildman–Crippen LogP) is 4.61. The number of nitrogens with one attached hydrogen (secondary N) is 1. The summed E-state index contributed by atoms with van der Waals surface area (Å²) >= 11 is 1.42. The predicted molar refractivity (Wildman–Crippen MR) is 110 cm³/mol. The maximum atomic E-state index is 12.7. The highest BCUT2D eigenvalue weighted by atomic mass is 32.2. The zero-order valence-corrected chi connectivity index (χ0v) is 17.2. The number of carbonyl (C=O) groups is 1. The van der Waals surface area contributed by atoms with Crippen LogP contribution in [0.5, 0.6) is 11.5 Å². The molecule has 1 unspecified atom stereocenters. The van der Waals surface area contributed by atoms with Crippen LogP contribution in [-0.4, -0.2) is 30.3 Å². The Morgan fingerprint density at radius 2 is 1.82 bits per heavy atom. The van der Waals surface area contributed by atoms with E-state index in [-0.39, 0.29) is 17.3 Å². The lowest BCUT2D eigenvalue weighted by atomic mass is 10.1.